The van der Waals surface area contributed by atoms with Crippen molar-refractivity contribution in [3.8, 4) is 5.75 Å². The number of fused-ring (bicyclic) bond motifs is 1. The highest BCUT2D eigenvalue weighted by molar-refractivity contribution is 7.90. The van der Waals surface area contributed by atoms with Gasteiger partial charge in [-0.3, -0.25) is 4.79 Å². The van der Waals surface area contributed by atoms with Gasteiger partial charge in [-0.15, -0.1) is 0 Å². The third kappa shape index (κ3) is 4.50. The van der Waals surface area contributed by atoms with Gasteiger partial charge < -0.3 is 14.2 Å². The van der Waals surface area contributed by atoms with E-state index in [1.165, 1.54) is 4.90 Å². The van der Waals surface area contributed by atoms with E-state index in [-0.39, 0.29) is 29.8 Å². The van der Waals surface area contributed by atoms with Gasteiger partial charge in [0.1, 0.15) is 5.75 Å². The predicted octanol–water partition coefficient (Wildman–Crippen LogP) is 2.85. The van der Waals surface area contributed by atoms with E-state index < -0.39 is 57.3 Å². The maximum atomic E-state index is 13.1. The molecule has 0 N–H and O–H groups in total. The number of carbonyl (C=O) groups excluding carboxylic acids is 1. The molecule has 0 spiro atoms. The summed E-state index contributed by atoms with van der Waals surface area (Å²) in [5, 5.41) is 2.92. The van der Waals surface area contributed by atoms with E-state index in [1.807, 2.05) is 0 Å². The van der Waals surface area contributed by atoms with Crippen LogP contribution in [-0.2, 0) is 21.4 Å². The Morgan fingerprint density at radius 1 is 1.27 bits per heavy atom. The molecule has 1 aromatic carbocycles. The van der Waals surface area contributed by atoms with Crippen molar-refractivity contribution in [2.75, 3.05) is 26.0 Å². The molecule has 2 unspecified atom stereocenters. The van der Waals surface area contributed by atoms with E-state index in [2.05, 4.69) is 10.1 Å². The normalized spacial score (nSPS) is 22.9. The smallest absolute Gasteiger partial charge is 0.455 e. The number of alkyl halides is 6. The molecule has 2 heterocycles. The molecule has 15 heteroatoms. The summed E-state index contributed by atoms with van der Waals surface area (Å²) < 4.78 is 109. The average molecular weight is 499 g/mol. The molecule has 0 radical (unpaired) electrons. The fourth-order valence-electron chi connectivity index (χ4n) is 3.87. The summed E-state index contributed by atoms with van der Waals surface area (Å²) in [4.78, 5) is 17.4. The number of aromatic nitrogens is 2. The summed E-state index contributed by atoms with van der Waals surface area (Å²) in [5.41, 5.74) is -1.41. The largest absolute Gasteiger partial charge is 0.483 e. The monoisotopic (exact) mass is 499 g/mol. The first-order valence-electron chi connectivity index (χ1n) is 9.34. The Morgan fingerprint density at radius 2 is 1.97 bits per heavy atom. The number of amides is 1. The maximum Gasteiger partial charge on any atom is 0.455 e. The standard InChI is InChI=1S/C18H15F6N3O5S/c1-33(29,30)10-2-3-12(31-8-17(19,20)21)11(4-10)13(28)27-6-9-5-16(9,7-27)15-25-14(26-32-15)18(22,23)24/h2-4,9H,5-8H2,1H3. The second-order valence-electron chi connectivity index (χ2n) is 8.00. The van der Waals surface area contributed by atoms with Gasteiger partial charge in [-0.1, -0.05) is 5.16 Å². The molecule has 2 aromatic rings. The Labute approximate surface area is 182 Å². The fourth-order valence-corrected chi connectivity index (χ4v) is 4.52. The first-order valence-corrected chi connectivity index (χ1v) is 11.2. The van der Waals surface area contributed by atoms with Gasteiger partial charge in [-0.05, 0) is 30.5 Å². The molecule has 1 amide bonds. The van der Waals surface area contributed by atoms with Crippen molar-refractivity contribution in [1.82, 2.24) is 15.0 Å². The summed E-state index contributed by atoms with van der Waals surface area (Å²) in [5.74, 6) is -3.34. The van der Waals surface area contributed by atoms with Crippen LogP contribution in [0.3, 0.4) is 0 Å². The predicted molar refractivity (Wildman–Crippen MR) is 96.1 cm³/mol. The fraction of sp³-hybridized carbons (Fsp3) is 0.500. The van der Waals surface area contributed by atoms with Crippen LogP contribution in [0.25, 0.3) is 0 Å². The molecule has 2 aliphatic rings. The third-order valence-electron chi connectivity index (χ3n) is 5.54. The lowest BCUT2D eigenvalue weighted by molar-refractivity contribution is -0.153. The molecular formula is C18H15F6N3O5S. The van der Waals surface area contributed by atoms with Crippen LogP contribution in [-0.4, -0.2) is 61.5 Å². The zero-order valence-corrected chi connectivity index (χ0v) is 17.5. The molecule has 1 aliphatic heterocycles. The number of likely N-dealkylation sites (tertiary alicyclic amines) is 1. The van der Waals surface area contributed by atoms with Gasteiger partial charge in [0.25, 0.3) is 11.7 Å². The summed E-state index contributed by atoms with van der Waals surface area (Å²) in [6.45, 7) is -1.78. The number of sulfone groups is 1. The second-order valence-corrected chi connectivity index (χ2v) is 10.0. The Bertz CT molecular complexity index is 1210. The van der Waals surface area contributed by atoms with Crippen molar-refractivity contribution in [2.24, 2.45) is 5.92 Å². The van der Waals surface area contributed by atoms with Gasteiger partial charge >= 0.3 is 12.4 Å². The van der Waals surface area contributed by atoms with Crippen LogP contribution < -0.4 is 4.74 Å². The molecule has 8 nitrogen and oxygen atoms in total. The van der Waals surface area contributed by atoms with Gasteiger partial charge in [0.2, 0.25) is 5.89 Å². The highest BCUT2D eigenvalue weighted by atomic mass is 32.2. The Balaban J connectivity index is 1.61. The highest BCUT2D eigenvalue weighted by Crippen LogP contribution is 2.59. The number of halogens is 6. The zero-order valence-electron chi connectivity index (χ0n) is 16.7. The van der Waals surface area contributed by atoms with Gasteiger partial charge in [0, 0.05) is 19.3 Å². The van der Waals surface area contributed by atoms with Crippen LogP contribution in [0.15, 0.2) is 27.6 Å². The van der Waals surface area contributed by atoms with Crippen molar-refractivity contribution in [3.63, 3.8) is 0 Å². The number of carbonyl (C=O) groups is 1. The van der Waals surface area contributed by atoms with E-state index in [4.69, 9.17) is 9.26 Å². The maximum absolute atomic E-state index is 13.1. The average Bonchev–Trinajstić information content (AvgIpc) is 3.07. The first kappa shape index (κ1) is 23.3. The third-order valence-corrected chi connectivity index (χ3v) is 6.65. The van der Waals surface area contributed by atoms with Gasteiger partial charge in [0.15, 0.2) is 16.4 Å². The van der Waals surface area contributed by atoms with Crippen molar-refractivity contribution in [2.45, 2.75) is 29.1 Å². The van der Waals surface area contributed by atoms with Gasteiger partial charge in [0.05, 0.1) is 15.9 Å². The first-order chi connectivity index (χ1) is 15.1. The Hall–Kier alpha value is -2.84. The molecule has 1 saturated carbocycles. The quantitative estimate of drug-likeness (QED) is 0.583. The van der Waals surface area contributed by atoms with Crippen LogP contribution in [0.2, 0.25) is 0 Å². The molecule has 1 aliphatic carbocycles. The summed E-state index contributed by atoms with van der Waals surface area (Å²) in [6, 6.07) is 2.88. The number of ether oxygens (including phenoxy) is 1. The second kappa shape index (κ2) is 7.33. The van der Waals surface area contributed by atoms with Crippen LogP contribution in [0.5, 0.6) is 5.75 Å². The van der Waals surface area contributed by atoms with E-state index in [9.17, 15) is 39.6 Å². The number of rotatable bonds is 5. The minimum absolute atomic E-state index is 0.0599. The molecule has 4 rings (SSSR count). The van der Waals surface area contributed by atoms with E-state index >= 15 is 0 Å². The topological polar surface area (TPSA) is 103 Å². The Morgan fingerprint density at radius 3 is 2.55 bits per heavy atom. The van der Waals surface area contributed by atoms with Crippen LogP contribution >= 0.6 is 0 Å². The number of nitrogens with zero attached hydrogens (tertiary/aromatic N) is 3. The van der Waals surface area contributed by atoms with Crippen molar-refractivity contribution in [3.05, 3.63) is 35.5 Å². The van der Waals surface area contributed by atoms with Crippen LogP contribution in [0.1, 0.15) is 28.5 Å². The Kier molecular flexibility index (Phi) is 5.18. The molecule has 2 atom stereocenters. The summed E-state index contributed by atoms with van der Waals surface area (Å²) >= 11 is 0. The lowest BCUT2D eigenvalue weighted by atomic mass is 10.1. The number of hydrogen-bond donors (Lipinski definition) is 0. The molecule has 1 aromatic heterocycles. The van der Waals surface area contributed by atoms with Crippen LogP contribution in [0, 0.1) is 5.92 Å². The molecule has 33 heavy (non-hydrogen) atoms. The minimum atomic E-state index is -4.81. The van der Waals surface area contributed by atoms with Crippen LogP contribution in [0.4, 0.5) is 26.3 Å². The highest BCUT2D eigenvalue weighted by Gasteiger charge is 2.66. The van der Waals surface area contributed by atoms with Crippen molar-refractivity contribution in [1.29, 1.82) is 0 Å². The van der Waals surface area contributed by atoms with E-state index in [0.717, 1.165) is 24.5 Å². The molecule has 2 fully saturated rings. The van der Waals surface area contributed by atoms with E-state index in [0.29, 0.717) is 6.42 Å². The molecule has 1 saturated heterocycles. The summed E-state index contributed by atoms with van der Waals surface area (Å²) in [6.07, 6.45) is -8.27. The number of piperidine rings is 1. The van der Waals surface area contributed by atoms with E-state index in [1.54, 1.807) is 0 Å². The number of benzene rings is 1. The van der Waals surface area contributed by atoms with Crippen molar-refractivity contribution >= 4 is 15.7 Å². The SMILES string of the molecule is CS(=O)(=O)c1ccc(OCC(F)(F)F)c(C(=O)N2CC3CC3(c3nc(C(F)(F)F)no3)C2)c1. The van der Waals surface area contributed by atoms with Crippen molar-refractivity contribution < 1.29 is 48.8 Å². The molecular weight excluding hydrogens is 484 g/mol. The molecule has 0 bridgehead atoms. The summed E-state index contributed by atoms with van der Waals surface area (Å²) in [7, 11) is -3.80. The lowest BCUT2D eigenvalue weighted by Crippen LogP contribution is -2.33. The van der Waals surface area contributed by atoms with Gasteiger partial charge in [-0.25, -0.2) is 8.42 Å². The lowest BCUT2D eigenvalue weighted by Gasteiger charge is -2.22. The van der Waals surface area contributed by atoms with Gasteiger partial charge in [-0.2, -0.15) is 31.3 Å². The number of hydrogen-bond acceptors (Lipinski definition) is 7. The molecule has 180 valence electrons. The zero-order chi connectivity index (χ0) is 24.4. The minimum Gasteiger partial charge on any atom is -0.483 e.